The minimum absolute atomic E-state index is 0.0531. The van der Waals surface area contributed by atoms with Crippen LogP contribution in [-0.4, -0.2) is 78.1 Å². The number of carbonyl (C=O) groups excluding carboxylic acids is 5. The van der Waals surface area contributed by atoms with Gasteiger partial charge in [0.1, 0.15) is 6.61 Å². The smallest absolute Gasteiger partial charge is 0.416 e. The monoisotopic (exact) mass is 441 g/mol. The van der Waals surface area contributed by atoms with Crippen LogP contribution in [0.15, 0.2) is 12.2 Å². The Balaban J connectivity index is 2.83. The Bertz CT molecular complexity index is 701. The summed E-state index contributed by atoms with van der Waals surface area (Å²) in [6.45, 7) is 6.55. The van der Waals surface area contributed by atoms with Gasteiger partial charge in [-0.15, -0.1) is 0 Å². The average molecular weight is 441 g/mol. The van der Waals surface area contributed by atoms with Gasteiger partial charge in [-0.3, -0.25) is 19.2 Å². The van der Waals surface area contributed by atoms with E-state index in [9.17, 15) is 24.0 Å². The molecule has 1 rings (SSSR count). The molecule has 3 unspecified atom stereocenters. The van der Waals surface area contributed by atoms with Crippen LogP contribution in [0.2, 0.25) is 0 Å². The van der Waals surface area contributed by atoms with Crippen LogP contribution in [0.1, 0.15) is 40.5 Å². The predicted molar refractivity (Wildman–Crippen MR) is 108 cm³/mol. The lowest BCUT2D eigenvalue weighted by molar-refractivity contribution is -0.158. The zero-order chi connectivity index (χ0) is 23.6. The fraction of sp³-hybridized carbons (Fsp3) is 0.667. The van der Waals surface area contributed by atoms with Gasteiger partial charge >= 0.3 is 12.1 Å². The van der Waals surface area contributed by atoms with Gasteiger partial charge in [0.15, 0.2) is 17.7 Å². The van der Waals surface area contributed by atoms with Crippen molar-refractivity contribution in [3.63, 3.8) is 0 Å². The maximum Gasteiger partial charge on any atom is 0.416 e. The van der Waals surface area contributed by atoms with E-state index in [0.717, 1.165) is 24.0 Å². The number of imide groups is 1. The second-order valence-corrected chi connectivity index (χ2v) is 7.56. The van der Waals surface area contributed by atoms with Gasteiger partial charge in [-0.05, 0) is 31.4 Å². The van der Waals surface area contributed by atoms with Crippen molar-refractivity contribution in [2.75, 3.05) is 26.4 Å². The van der Waals surface area contributed by atoms with Crippen molar-refractivity contribution in [2.24, 2.45) is 11.8 Å². The molecule has 0 aromatic heterocycles. The molecule has 10 nitrogen and oxygen atoms in total. The van der Waals surface area contributed by atoms with Gasteiger partial charge < -0.3 is 19.3 Å². The van der Waals surface area contributed by atoms with E-state index in [1.807, 2.05) is 13.8 Å². The fourth-order valence-corrected chi connectivity index (χ4v) is 2.98. The number of hydrogen-bond acceptors (Lipinski definition) is 9. The third kappa shape index (κ3) is 8.22. The highest BCUT2D eigenvalue weighted by molar-refractivity contribution is 6.04. The Morgan fingerprint density at radius 1 is 1.19 bits per heavy atom. The van der Waals surface area contributed by atoms with Crippen molar-refractivity contribution in [1.29, 1.82) is 0 Å². The molecule has 10 heteroatoms. The van der Waals surface area contributed by atoms with Crippen molar-refractivity contribution in [3.05, 3.63) is 12.2 Å². The molecule has 0 aliphatic carbocycles. The van der Waals surface area contributed by atoms with Crippen LogP contribution in [-0.2, 0) is 33.4 Å². The molecule has 0 saturated carbocycles. The maximum atomic E-state index is 12.9. The Labute approximate surface area is 181 Å². The number of aliphatic hydroxyl groups excluding tert-OH is 1. The summed E-state index contributed by atoms with van der Waals surface area (Å²) in [4.78, 5) is 61.9. The second kappa shape index (κ2) is 13.0. The predicted octanol–water partition coefficient (Wildman–Crippen LogP) is 1.04. The topological polar surface area (TPSA) is 137 Å². The molecule has 1 aliphatic heterocycles. The van der Waals surface area contributed by atoms with E-state index in [2.05, 4.69) is 0 Å². The quantitative estimate of drug-likeness (QED) is 0.252. The minimum atomic E-state index is -1.48. The average Bonchev–Trinajstić information content (AvgIpc) is 3.10. The number of ketones is 2. The molecule has 1 fully saturated rings. The number of esters is 1. The number of nitrogens with zero attached hydrogens (tertiary/aromatic N) is 1. The summed E-state index contributed by atoms with van der Waals surface area (Å²) in [7, 11) is 0. The molecule has 3 atom stereocenters. The summed E-state index contributed by atoms with van der Waals surface area (Å²) in [5.74, 6) is -3.77. The molecule has 1 aliphatic rings. The summed E-state index contributed by atoms with van der Waals surface area (Å²) < 4.78 is 15.1. The third-order valence-electron chi connectivity index (χ3n) is 4.71. The van der Waals surface area contributed by atoms with Crippen LogP contribution in [0.3, 0.4) is 0 Å². The Morgan fingerprint density at radius 3 is 2.45 bits per heavy atom. The largest absolute Gasteiger partial charge is 0.453 e. The number of cyclic esters (lactones) is 1. The number of ether oxygens (including phenoxy) is 3. The third-order valence-corrected chi connectivity index (χ3v) is 4.71. The normalized spacial score (nSPS) is 18.2. The Morgan fingerprint density at radius 2 is 1.87 bits per heavy atom. The first-order valence-corrected chi connectivity index (χ1v) is 10.2. The van der Waals surface area contributed by atoms with Gasteiger partial charge in [0.05, 0.1) is 25.2 Å². The van der Waals surface area contributed by atoms with E-state index in [1.54, 1.807) is 0 Å². The second-order valence-electron chi connectivity index (χ2n) is 7.56. The summed E-state index contributed by atoms with van der Waals surface area (Å²) in [5, 5.41) is 8.61. The van der Waals surface area contributed by atoms with Gasteiger partial charge in [0.25, 0.3) is 0 Å². The molecule has 0 spiro atoms. The highest BCUT2D eigenvalue weighted by atomic mass is 16.6. The van der Waals surface area contributed by atoms with Gasteiger partial charge in [-0.25, -0.2) is 9.69 Å². The van der Waals surface area contributed by atoms with Gasteiger partial charge in [-0.2, -0.15) is 0 Å². The van der Waals surface area contributed by atoms with Crippen molar-refractivity contribution in [1.82, 2.24) is 4.90 Å². The molecule has 1 heterocycles. The summed E-state index contributed by atoms with van der Waals surface area (Å²) in [6, 6.07) is -0.485. The molecule has 1 N–H and O–H groups in total. The van der Waals surface area contributed by atoms with Crippen LogP contribution < -0.4 is 0 Å². The van der Waals surface area contributed by atoms with Crippen LogP contribution in [0, 0.1) is 11.8 Å². The molecule has 0 aromatic carbocycles. The number of rotatable bonds is 13. The van der Waals surface area contributed by atoms with Gasteiger partial charge in [-0.1, -0.05) is 13.8 Å². The van der Waals surface area contributed by atoms with Crippen molar-refractivity contribution >= 4 is 29.5 Å². The first-order valence-electron chi connectivity index (χ1n) is 10.2. The minimum Gasteiger partial charge on any atom is -0.453 e. The van der Waals surface area contributed by atoms with Gasteiger partial charge in [0, 0.05) is 20.0 Å². The highest BCUT2D eigenvalue weighted by Crippen LogP contribution is 2.24. The number of hydrogen-bond donors (Lipinski definition) is 1. The lowest BCUT2D eigenvalue weighted by atomic mass is 9.96. The van der Waals surface area contributed by atoms with Crippen molar-refractivity contribution < 1.29 is 43.3 Å². The van der Waals surface area contributed by atoms with Crippen LogP contribution >= 0.6 is 0 Å². The molecule has 0 radical (unpaired) electrons. The Hall–Kier alpha value is -2.59. The lowest BCUT2D eigenvalue weighted by Gasteiger charge is -2.28. The summed E-state index contributed by atoms with van der Waals surface area (Å²) >= 11 is 0. The molecule has 0 aromatic rings. The van der Waals surface area contributed by atoms with Gasteiger partial charge in [0.2, 0.25) is 5.91 Å². The van der Waals surface area contributed by atoms with E-state index in [0.29, 0.717) is 13.0 Å². The van der Waals surface area contributed by atoms with E-state index in [4.69, 9.17) is 19.3 Å². The molecule has 1 saturated heterocycles. The number of allylic oxidation sites excluding steroid dienone is 1. The SMILES string of the molecule is CC(=O)OC(C(=O)C=CC(=O)CCCOCCO)C(C)C(=O)N1C(=O)OCC1C(C)C. The van der Waals surface area contributed by atoms with E-state index in [1.165, 1.54) is 6.92 Å². The zero-order valence-electron chi connectivity index (χ0n) is 18.4. The zero-order valence-corrected chi connectivity index (χ0v) is 18.4. The Kier molecular flexibility index (Phi) is 11.1. The van der Waals surface area contributed by atoms with E-state index < -0.39 is 41.8 Å². The number of amides is 2. The van der Waals surface area contributed by atoms with Crippen molar-refractivity contribution in [2.45, 2.75) is 52.7 Å². The number of carbonyl (C=O) groups is 5. The standard InChI is InChI=1S/C21H31NO9/c1-13(2)17-12-30-21(28)22(17)20(27)14(3)19(31-15(4)24)18(26)8-7-16(25)6-5-10-29-11-9-23/h7-8,13-14,17,19,23H,5-6,9-12H2,1-4H3. The van der Waals surface area contributed by atoms with E-state index in [-0.39, 0.29) is 37.9 Å². The summed E-state index contributed by atoms with van der Waals surface area (Å²) in [5.41, 5.74) is 0. The lowest BCUT2D eigenvalue weighted by Crippen LogP contribution is -2.48. The first-order chi connectivity index (χ1) is 14.6. The highest BCUT2D eigenvalue weighted by Gasteiger charge is 2.44. The van der Waals surface area contributed by atoms with Crippen LogP contribution in [0.5, 0.6) is 0 Å². The number of aliphatic hydroxyl groups is 1. The fourth-order valence-electron chi connectivity index (χ4n) is 2.98. The molecular weight excluding hydrogens is 410 g/mol. The molecule has 174 valence electrons. The molecular formula is C21H31NO9. The molecule has 0 bridgehead atoms. The summed E-state index contributed by atoms with van der Waals surface area (Å²) in [6.07, 6.45) is 0.270. The molecule has 2 amide bonds. The first kappa shape index (κ1) is 26.4. The van der Waals surface area contributed by atoms with Crippen LogP contribution in [0.4, 0.5) is 4.79 Å². The van der Waals surface area contributed by atoms with E-state index >= 15 is 0 Å². The van der Waals surface area contributed by atoms with Crippen LogP contribution in [0.25, 0.3) is 0 Å². The molecule has 31 heavy (non-hydrogen) atoms. The van der Waals surface area contributed by atoms with Crippen molar-refractivity contribution in [3.8, 4) is 0 Å². The maximum absolute atomic E-state index is 12.9.